The van der Waals surface area contributed by atoms with Crippen molar-refractivity contribution in [3.63, 3.8) is 0 Å². The highest BCUT2D eigenvalue weighted by atomic mass is 16.5. The fraction of sp³-hybridized carbons (Fsp3) is 0.414. The van der Waals surface area contributed by atoms with Gasteiger partial charge < -0.3 is 24.4 Å². The molecule has 0 aliphatic carbocycles. The van der Waals surface area contributed by atoms with Crippen LogP contribution in [0.2, 0.25) is 0 Å². The number of carbonyl (C=O) groups is 2. The van der Waals surface area contributed by atoms with Crippen LogP contribution in [0.15, 0.2) is 65.2 Å². The molecule has 3 aromatic rings. The summed E-state index contributed by atoms with van der Waals surface area (Å²) in [5.74, 6) is 1.17. The first-order valence-corrected chi connectivity index (χ1v) is 13.3. The van der Waals surface area contributed by atoms with E-state index in [4.69, 9.17) is 9.26 Å². The summed E-state index contributed by atoms with van der Waals surface area (Å²) in [6.07, 6.45) is 1.54. The number of nitrogens with one attached hydrogen (secondary N) is 1. The molecule has 200 valence electrons. The summed E-state index contributed by atoms with van der Waals surface area (Å²) in [5.41, 5.74) is 2.78. The highest BCUT2D eigenvalue weighted by Gasteiger charge is 2.25. The monoisotopic (exact) mass is 517 g/mol. The van der Waals surface area contributed by atoms with E-state index in [1.165, 1.54) is 5.56 Å². The van der Waals surface area contributed by atoms with Crippen LogP contribution in [0.3, 0.4) is 0 Å². The summed E-state index contributed by atoms with van der Waals surface area (Å²) < 4.78 is 11.4. The molecule has 2 aliphatic heterocycles. The average molecular weight is 518 g/mol. The standard InChI is InChI=1S/C29H35N5O4/c1-32(21-24-10-11-28(35)30-24)20-22-6-5-9-25(18-22)37-17-16-33-12-14-34(15-13-33)29(36)27-19-26(31-38-27)23-7-3-2-4-8-23/h2-9,18-19,24H,10-17,20-21H2,1H3,(H,30,35). The lowest BCUT2D eigenvalue weighted by atomic mass is 10.1. The van der Waals surface area contributed by atoms with E-state index in [1.54, 1.807) is 6.07 Å². The fourth-order valence-electron chi connectivity index (χ4n) is 5.04. The van der Waals surface area contributed by atoms with Crippen molar-refractivity contribution >= 4 is 11.8 Å². The van der Waals surface area contributed by atoms with Crippen LogP contribution >= 0.6 is 0 Å². The lowest BCUT2D eigenvalue weighted by Crippen LogP contribution is -2.49. The van der Waals surface area contributed by atoms with E-state index in [9.17, 15) is 9.59 Å². The second-order valence-corrected chi connectivity index (χ2v) is 10.1. The number of rotatable bonds is 10. The van der Waals surface area contributed by atoms with Gasteiger partial charge in [-0.25, -0.2) is 0 Å². The summed E-state index contributed by atoms with van der Waals surface area (Å²) in [5, 5.41) is 7.09. The third-order valence-corrected chi connectivity index (χ3v) is 7.09. The van der Waals surface area contributed by atoms with Crippen molar-refractivity contribution in [2.75, 3.05) is 52.9 Å². The average Bonchev–Trinajstić information content (AvgIpc) is 3.59. The van der Waals surface area contributed by atoms with Gasteiger partial charge in [-0.3, -0.25) is 14.5 Å². The van der Waals surface area contributed by atoms with Crippen molar-refractivity contribution in [3.8, 4) is 17.0 Å². The van der Waals surface area contributed by atoms with E-state index in [0.717, 1.165) is 50.5 Å². The van der Waals surface area contributed by atoms with Crippen LogP contribution in [-0.2, 0) is 11.3 Å². The van der Waals surface area contributed by atoms with Crippen molar-refractivity contribution in [2.45, 2.75) is 25.4 Å². The van der Waals surface area contributed by atoms with E-state index in [1.807, 2.05) is 47.4 Å². The van der Waals surface area contributed by atoms with Crippen LogP contribution in [0.4, 0.5) is 0 Å². The van der Waals surface area contributed by atoms with Gasteiger partial charge in [0.15, 0.2) is 0 Å². The number of likely N-dealkylation sites (N-methyl/N-ethyl adjacent to an activating group) is 1. The number of ether oxygens (including phenoxy) is 1. The van der Waals surface area contributed by atoms with E-state index in [0.29, 0.717) is 31.8 Å². The third kappa shape index (κ3) is 6.79. The summed E-state index contributed by atoms with van der Waals surface area (Å²) in [6.45, 7) is 5.90. The number of hydrogen-bond donors (Lipinski definition) is 1. The first-order chi connectivity index (χ1) is 18.5. The largest absolute Gasteiger partial charge is 0.492 e. The fourth-order valence-corrected chi connectivity index (χ4v) is 5.04. The Morgan fingerprint density at radius 3 is 2.68 bits per heavy atom. The minimum atomic E-state index is -0.118. The third-order valence-electron chi connectivity index (χ3n) is 7.09. The Morgan fingerprint density at radius 1 is 1.11 bits per heavy atom. The molecule has 5 rings (SSSR count). The highest BCUT2D eigenvalue weighted by molar-refractivity contribution is 5.92. The van der Waals surface area contributed by atoms with E-state index in [-0.39, 0.29) is 23.6 Å². The lowest BCUT2D eigenvalue weighted by molar-refractivity contribution is -0.119. The molecule has 1 N–H and O–H groups in total. The van der Waals surface area contributed by atoms with Crippen molar-refractivity contribution in [3.05, 3.63) is 72.0 Å². The summed E-state index contributed by atoms with van der Waals surface area (Å²) in [4.78, 5) is 30.7. The molecule has 2 amide bonds. The van der Waals surface area contributed by atoms with Gasteiger partial charge in [0.05, 0.1) is 0 Å². The molecule has 2 aliphatic rings. The summed E-state index contributed by atoms with van der Waals surface area (Å²) >= 11 is 0. The molecule has 9 nitrogen and oxygen atoms in total. The number of benzene rings is 2. The second-order valence-electron chi connectivity index (χ2n) is 10.1. The molecular formula is C29H35N5O4. The van der Waals surface area contributed by atoms with Crippen LogP contribution in [-0.4, -0.2) is 90.6 Å². The number of carbonyl (C=O) groups excluding carboxylic acids is 2. The zero-order valence-corrected chi connectivity index (χ0v) is 21.8. The van der Waals surface area contributed by atoms with Crippen LogP contribution in [0.1, 0.15) is 29.0 Å². The molecule has 9 heteroatoms. The highest BCUT2D eigenvalue weighted by Crippen LogP contribution is 2.20. The lowest BCUT2D eigenvalue weighted by Gasteiger charge is -2.34. The van der Waals surface area contributed by atoms with Crippen molar-refractivity contribution in [2.24, 2.45) is 0 Å². The SMILES string of the molecule is CN(Cc1cccc(OCCN2CCN(C(=O)c3cc(-c4ccccc4)no3)CC2)c1)CC1CCC(=O)N1. The van der Waals surface area contributed by atoms with E-state index >= 15 is 0 Å². The molecule has 1 unspecified atom stereocenters. The predicted molar refractivity (Wildman–Crippen MR) is 144 cm³/mol. The quantitative estimate of drug-likeness (QED) is 0.442. The van der Waals surface area contributed by atoms with Gasteiger partial charge in [0.1, 0.15) is 18.1 Å². The van der Waals surface area contributed by atoms with Gasteiger partial charge in [0.2, 0.25) is 11.7 Å². The first kappa shape index (κ1) is 25.9. The molecule has 3 heterocycles. The van der Waals surface area contributed by atoms with Crippen LogP contribution in [0, 0.1) is 0 Å². The zero-order valence-electron chi connectivity index (χ0n) is 21.8. The topological polar surface area (TPSA) is 91.2 Å². The number of hydrogen-bond acceptors (Lipinski definition) is 7. The Balaban J connectivity index is 1.03. The summed E-state index contributed by atoms with van der Waals surface area (Å²) in [7, 11) is 2.08. The smallest absolute Gasteiger partial charge is 0.292 e. The van der Waals surface area contributed by atoms with E-state index < -0.39 is 0 Å². The maximum Gasteiger partial charge on any atom is 0.292 e. The number of piperazine rings is 1. The molecule has 2 saturated heterocycles. The van der Waals surface area contributed by atoms with Crippen LogP contribution in [0.5, 0.6) is 5.75 Å². The molecular weight excluding hydrogens is 482 g/mol. The maximum absolute atomic E-state index is 12.9. The van der Waals surface area contributed by atoms with Gasteiger partial charge in [0.25, 0.3) is 5.91 Å². The Kier molecular flexibility index (Phi) is 8.35. The van der Waals surface area contributed by atoms with Gasteiger partial charge in [-0.15, -0.1) is 0 Å². The van der Waals surface area contributed by atoms with Crippen LogP contribution in [0.25, 0.3) is 11.3 Å². The molecule has 2 aromatic carbocycles. The molecule has 0 bridgehead atoms. The Bertz CT molecular complexity index is 1220. The molecule has 1 aromatic heterocycles. The second kappa shape index (κ2) is 12.2. The molecule has 0 saturated carbocycles. The molecule has 0 spiro atoms. The van der Waals surface area contributed by atoms with Gasteiger partial charge >= 0.3 is 0 Å². The van der Waals surface area contributed by atoms with Gasteiger partial charge in [-0.05, 0) is 31.2 Å². The van der Waals surface area contributed by atoms with Gasteiger partial charge in [-0.2, -0.15) is 0 Å². The molecule has 38 heavy (non-hydrogen) atoms. The molecule has 2 fully saturated rings. The van der Waals surface area contributed by atoms with Crippen molar-refractivity contribution in [1.82, 2.24) is 25.2 Å². The first-order valence-electron chi connectivity index (χ1n) is 13.3. The van der Waals surface area contributed by atoms with Crippen molar-refractivity contribution < 1.29 is 18.8 Å². The van der Waals surface area contributed by atoms with Gasteiger partial charge in [-0.1, -0.05) is 47.6 Å². The van der Waals surface area contributed by atoms with Crippen molar-refractivity contribution in [1.29, 1.82) is 0 Å². The minimum absolute atomic E-state index is 0.118. The Hall–Kier alpha value is -3.69. The minimum Gasteiger partial charge on any atom is -0.492 e. The maximum atomic E-state index is 12.9. The van der Waals surface area contributed by atoms with Crippen LogP contribution < -0.4 is 10.1 Å². The number of aromatic nitrogens is 1. The number of amides is 2. The van der Waals surface area contributed by atoms with E-state index in [2.05, 4.69) is 39.5 Å². The molecule has 1 atom stereocenters. The predicted octanol–water partition coefficient (Wildman–Crippen LogP) is 2.89. The van der Waals surface area contributed by atoms with Gasteiger partial charge in [0, 0.05) is 69.9 Å². The Morgan fingerprint density at radius 2 is 1.92 bits per heavy atom. The molecule has 0 radical (unpaired) electrons. The zero-order chi connectivity index (χ0) is 26.3. The summed E-state index contributed by atoms with van der Waals surface area (Å²) in [6, 6.07) is 19.9. The Labute approximate surface area is 223 Å². The number of nitrogens with zero attached hydrogens (tertiary/aromatic N) is 4. The normalized spacial score (nSPS) is 18.1.